The Morgan fingerprint density at radius 2 is 2.00 bits per heavy atom. The molecule has 1 aromatic carbocycles. The van der Waals surface area contributed by atoms with Crippen LogP contribution < -0.4 is 11.4 Å². The molecule has 5 nitrogen and oxygen atoms in total. The van der Waals surface area contributed by atoms with Crippen LogP contribution in [-0.2, 0) is 0 Å². The Labute approximate surface area is 93.4 Å². The van der Waals surface area contributed by atoms with Gasteiger partial charge in [0.15, 0.2) is 0 Å². The molecule has 1 aromatic heterocycles. The normalized spacial score (nSPS) is 13.3. The van der Waals surface area contributed by atoms with Crippen LogP contribution in [-0.4, -0.2) is 21.6 Å². The van der Waals surface area contributed by atoms with E-state index in [0.717, 1.165) is 4.47 Å². The molecule has 0 spiro atoms. The lowest BCUT2D eigenvalue weighted by atomic mass is 10.1. The molecule has 2 rings (SSSR count). The van der Waals surface area contributed by atoms with Crippen LogP contribution in [0.2, 0.25) is 0 Å². The van der Waals surface area contributed by atoms with E-state index in [-0.39, 0.29) is 12.2 Å². The second kappa shape index (κ2) is 3.80. The first-order valence-corrected chi connectivity index (χ1v) is 5.20. The van der Waals surface area contributed by atoms with Crippen molar-refractivity contribution in [1.29, 1.82) is 0 Å². The lowest BCUT2D eigenvalue weighted by Crippen LogP contribution is -2.11. The molecule has 1 atom stereocenters. The number of aromatic amines is 2. The predicted octanol–water partition coefficient (Wildman–Crippen LogP) is 0.611. The molecule has 6 heteroatoms. The van der Waals surface area contributed by atoms with E-state index in [1.165, 1.54) is 0 Å². The number of hydrogen-bond donors (Lipinski definition) is 4. The molecule has 15 heavy (non-hydrogen) atoms. The highest BCUT2D eigenvalue weighted by Crippen LogP contribution is 2.26. The molecule has 0 fully saturated rings. The van der Waals surface area contributed by atoms with Crippen LogP contribution in [0.4, 0.5) is 0 Å². The fourth-order valence-corrected chi connectivity index (χ4v) is 2.06. The van der Waals surface area contributed by atoms with Crippen molar-refractivity contribution in [3.05, 3.63) is 32.7 Å². The molecule has 0 amide bonds. The quantitative estimate of drug-likeness (QED) is 0.645. The molecule has 1 heterocycles. The van der Waals surface area contributed by atoms with Crippen LogP contribution in [0.25, 0.3) is 11.0 Å². The molecule has 80 valence electrons. The number of aliphatic hydroxyl groups excluding tert-OH is 1. The Hall–Kier alpha value is -1.11. The number of H-pyrrole nitrogens is 2. The summed E-state index contributed by atoms with van der Waals surface area (Å²) >= 11 is 3.32. The van der Waals surface area contributed by atoms with Crippen LogP contribution >= 0.6 is 15.9 Å². The van der Waals surface area contributed by atoms with Crippen molar-refractivity contribution in [2.45, 2.75) is 6.10 Å². The second-order valence-corrected chi connectivity index (χ2v) is 4.10. The zero-order valence-electron chi connectivity index (χ0n) is 7.75. The highest BCUT2D eigenvalue weighted by Gasteiger charge is 2.11. The van der Waals surface area contributed by atoms with E-state index in [0.29, 0.717) is 16.6 Å². The van der Waals surface area contributed by atoms with Crippen molar-refractivity contribution in [2.24, 2.45) is 5.73 Å². The van der Waals surface area contributed by atoms with E-state index in [4.69, 9.17) is 5.73 Å². The number of imidazole rings is 1. The number of aliphatic hydroxyl groups is 1. The minimum atomic E-state index is -0.734. The molecule has 0 saturated carbocycles. The van der Waals surface area contributed by atoms with Crippen molar-refractivity contribution in [3.63, 3.8) is 0 Å². The van der Waals surface area contributed by atoms with Gasteiger partial charge in [0.2, 0.25) is 0 Å². The number of rotatable bonds is 2. The van der Waals surface area contributed by atoms with Gasteiger partial charge in [0.25, 0.3) is 0 Å². The number of nitrogens with one attached hydrogen (secondary N) is 2. The summed E-state index contributed by atoms with van der Waals surface area (Å²) in [5, 5.41) is 9.62. The Kier molecular flexibility index (Phi) is 2.64. The van der Waals surface area contributed by atoms with Gasteiger partial charge in [-0.3, -0.25) is 0 Å². The van der Waals surface area contributed by atoms with Gasteiger partial charge in [-0.25, -0.2) is 4.79 Å². The molecule has 5 N–H and O–H groups in total. The predicted molar refractivity (Wildman–Crippen MR) is 60.6 cm³/mol. The molecule has 1 unspecified atom stereocenters. The number of benzene rings is 1. The summed E-state index contributed by atoms with van der Waals surface area (Å²) in [5.74, 6) is 0. The van der Waals surface area contributed by atoms with Gasteiger partial charge in [0.1, 0.15) is 0 Å². The van der Waals surface area contributed by atoms with E-state index >= 15 is 0 Å². The number of hydrogen-bond acceptors (Lipinski definition) is 3. The molecule has 0 radical (unpaired) electrons. The fraction of sp³-hybridized carbons (Fsp3) is 0.222. The molecular weight excluding hydrogens is 262 g/mol. The smallest absolute Gasteiger partial charge is 0.323 e. The molecule has 0 aliphatic carbocycles. The zero-order chi connectivity index (χ0) is 11.0. The van der Waals surface area contributed by atoms with Crippen LogP contribution in [0.1, 0.15) is 11.7 Å². The molecule has 0 aliphatic heterocycles. The second-order valence-electron chi connectivity index (χ2n) is 3.25. The van der Waals surface area contributed by atoms with E-state index in [1.807, 2.05) is 0 Å². The number of aromatic nitrogens is 2. The summed E-state index contributed by atoms with van der Waals surface area (Å²) in [4.78, 5) is 16.3. The van der Waals surface area contributed by atoms with Gasteiger partial charge in [0.05, 0.1) is 17.1 Å². The molecule has 2 aromatic rings. The Balaban J connectivity index is 2.66. The number of halogens is 1. The van der Waals surface area contributed by atoms with E-state index in [9.17, 15) is 9.90 Å². The summed E-state index contributed by atoms with van der Waals surface area (Å²) in [6, 6.07) is 3.44. The topological polar surface area (TPSA) is 94.9 Å². The third-order valence-corrected chi connectivity index (χ3v) is 2.90. The maximum Gasteiger partial charge on any atom is 0.323 e. The van der Waals surface area contributed by atoms with E-state index in [2.05, 4.69) is 25.9 Å². The maximum atomic E-state index is 11.0. The van der Waals surface area contributed by atoms with E-state index < -0.39 is 6.10 Å². The van der Waals surface area contributed by atoms with Crippen LogP contribution in [0.5, 0.6) is 0 Å². The summed E-state index contributed by atoms with van der Waals surface area (Å²) < 4.78 is 0.725. The first-order valence-electron chi connectivity index (χ1n) is 4.41. The van der Waals surface area contributed by atoms with Crippen molar-refractivity contribution < 1.29 is 5.11 Å². The number of fused-ring (bicyclic) bond motifs is 1. The SMILES string of the molecule is NCC(O)c1cc2[nH]c(=O)[nH]c2cc1Br. The first kappa shape index (κ1) is 10.4. The lowest BCUT2D eigenvalue weighted by Gasteiger charge is -2.10. The average Bonchev–Trinajstić information content (AvgIpc) is 2.55. The third-order valence-electron chi connectivity index (χ3n) is 2.22. The Morgan fingerprint density at radius 3 is 2.60 bits per heavy atom. The van der Waals surface area contributed by atoms with Gasteiger partial charge < -0.3 is 20.8 Å². The molecular formula is C9H10BrN3O2. The van der Waals surface area contributed by atoms with Crippen LogP contribution in [0.3, 0.4) is 0 Å². The van der Waals surface area contributed by atoms with Crippen molar-refractivity contribution in [3.8, 4) is 0 Å². The maximum absolute atomic E-state index is 11.0. The van der Waals surface area contributed by atoms with Crippen LogP contribution in [0, 0.1) is 0 Å². The highest BCUT2D eigenvalue weighted by atomic mass is 79.9. The van der Waals surface area contributed by atoms with Crippen LogP contribution in [0.15, 0.2) is 21.4 Å². The van der Waals surface area contributed by atoms with Gasteiger partial charge >= 0.3 is 5.69 Å². The van der Waals surface area contributed by atoms with Gasteiger partial charge in [-0.15, -0.1) is 0 Å². The standard InChI is InChI=1S/C9H10BrN3O2/c10-5-2-7-6(12-9(15)13-7)1-4(5)8(14)3-11/h1-2,8,14H,3,11H2,(H2,12,13,15). The van der Waals surface area contributed by atoms with Gasteiger partial charge in [-0.05, 0) is 17.7 Å². The van der Waals surface area contributed by atoms with Gasteiger partial charge in [-0.1, -0.05) is 15.9 Å². The highest BCUT2D eigenvalue weighted by molar-refractivity contribution is 9.10. The Morgan fingerprint density at radius 1 is 1.40 bits per heavy atom. The summed E-state index contributed by atoms with van der Waals surface area (Å²) in [6.45, 7) is 0.138. The summed E-state index contributed by atoms with van der Waals surface area (Å²) in [7, 11) is 0. The third kappa shape index (κ3) is 1.83. The monoisotopic (exact) mass is 271 g/mol. The average molecular weight is 272 g/mol. The van der Waals surface area contributed by atoms with Crippen molar-refractivity contribution in [1.82, 2.24) is 9.97 Å². The van der Waals surface area contributed by atoms with Crippen molar-refractivity contribution in [2.75, 3.05) is 6.54 Å². The Bertz CT molecular complexity index is 546. The fourth-order valence-electron chi connectivity index (χ4n) is 1.46. The summed E-state index contributed by atoms with van der Waals surface area (Å²) in [5.41, 5.74) is 7.12. The zero-order valence-corrected chi connectivity index (χ0v) is 9.34. The number of nitrogens with two attached hydrogens (primary N) is 1. The largest absolute Gasteiger partial charge is 0.387 e. The minimum absolute atomic E-state index is 0.138. The van der Waals surface area contributed by atoms with Gasteiger partial charge in [0, 0.05) is 11.0 Å². The van der Waals surface area contributed by atoms with Crippen molar-refractivity contribution >= 4 is 27.0 Å². The molecule has 0 bridgehead atoms. The molecule has 0 saturated heterocycles. The van der Waals surface area contributed by atoms with E-state index in [1.54, 1.807) is 12.1 Å². The molecule has 0 aliphatic rings. The van der Waals surface area contributed by atoms with Gasteiger partial charge in [-0.2, -0.15) is 0 Å². The summed E-state index contributed by atoms with van der Waals surface area (Å²) in [6.07, 6.45) is -0.734. The minimum Gasteiger partial charge on any atom is -0.387 e. The lowest BCUT2D eigenvalue weighted by molar-refractivity contribution is 0.186. The first-order chi connectivity index (χ1) is 7.11.